The van der Waals surface area contributed by atoms with E-state index in [0.29, 0.717) is 77.5 Å². The summed E-state index contributed by atoms with van der Waals surface area (Å²) in [6.07, 6.45) is 14.7. The van der Waals surface area contributed by atoms with E-state index in [9.17, 15) is 20.1 Å². The Labute approximate surface area is 353 Å². The second-order valence-corrected chi connectivity index (χ2v) is 16.8. The number of amides is 2. The summed E-state index contributed by atoms with van der Waals surface area (Å²) in [7, 11) is 0. The molecule has 2 saturated heterocycles. The average molecular weight is 823 g/mol. The number of rotatable bonds is 12. The summed E-state index contributed by atoms with van der Waals surface area (Å²) >= 11 is 0. The van der Waals surface area contributed by atoms with E-state index < -0.39 is 11.5 Å². The molecule has 4 aliphatic rings. The van der Waals surface area contributed by atoms with Gasteiger partial charge in [0.25, 0.3) is 0 Å². The van der Waals surface area contributed by atoms with Crippen LogP contribution in [0.2, 0.25) is 0 Å². The Hall–Kier alpha value is -6.43. The van der Waals surface area contributed by atoms with Crippen molar-refractivity contribution < 1.29 is 14.3 Å². The molecule has 17 heteroatoms. The number of ether oxygens (including phenoxy) is 1. The first-order chi connectivity index (χ1) is 29.8. The summed E-state index contributed by atoms with van der Waals surface area (Å²) in [6.45, 7) is 6.90. The van der Waals surface area contributed by atoms with Crippen LogP contribution < -0.4 is 26.0 Å². The minimum Gasteiger partial charge on any atom is -0.492 e. The van der Waals surface area contributed by atoms with Crippen molar-refractivity contribution in [3.63, 3.8) is 0 Å². The molecule has 2 amide bonds. The zero-order valence-electron chi connectivity index (χ0n) is 34.3. The van der Waals surface area contributed by atoms with Crippen molar-refractivity contribution in [1.29, 1.82) is 10.5 Å². The van der Waals surface area contributed by atoms with Crippen LogP contribution in [0.25, 0.3) is 22.5 Å². The molecule has 17 nitrogen and oxygen atoms in total. The summed E-state index contributed by atoms with van der Waals surface area (Å²) in [5.74, 6) is 1.76. The van der Waals surface area contributed by atoms with Crippen LogP contribution >= 0.6 is 0 Å². The number of imide groups is 1. The fourth-order valence-electron chi connectivity index (χ4n) is 9.66. The molecule has 9 rings (SSSR count). The molecule has 61 heavy (non-hydrogen) atoms. The molecular formula is C44H50N14O3. The summed E-state index contributed by atoms with van der Waals surface area (Å²) in [5, 5.41) is 39.4. The molecule has 5 aromatic rings. The number of hydrogen-bond donors (Lipinski definition) is 3. The summed E-state index contributed by atoms with van der Waals surface area (Å²) in [4.78, 5) is 39.0. The molecule has 1 aliphatic carbocycles. The van der Waals surface area contributed by atoms with Crippen molar-refractivity contribution in [2.45, 2.75) is 88.1 Å². The van der Waals surface area contributed by atoms with E-state index in [0.717, 1.165) is 81.0 Å². The molecular weight excluding hydrogens is 773 g/mol. The molecule has 7 heterocycles. The van der Waals surface area contributed by atoms with Gasteiger partial charge in [-0.1, -0.05) is 18.2 Å². The minimum atomic E-state index is -0.771. The number of piperazine rings is 1. The zero-order valence-corrected chi connectivity index (χ0v) is 34.3. The Morgan fingerprint density at radius 1 is 1.08 bits per heavy atom. The maximum absolute atomic E-state index is 12.9. The van der Waals surface area contributed by atoms with Crippen LogP contribution in [0.4, 0.5) is 11.4 Å². The number of anilines is 2. The normalized spacial score (nSPS) is 23.3. The monoisotopic (exact) mass is 822 g/mol. The van der Waals surface area contributed by atoms with Crippen LogP contribution in [0, 0.1) is 28.6 Å². The van der Waals surface area contributed by atoms with Gasteiger partial charge in [-0.05, 0) is 82.5 Å². The number of fused-ring (bicyclic) bond motifs is 3. The van der Waals surface area contributed by atoms with Gasteiger partial charge >= 0.3 is 0 Å². The van der Waals surface area contributed by atoms with Crippen molar-refractivity contribution in [2.24, 2.45) is 11.7 Å². The quantitative estimate of drug-likeness (QED) is 0.150. The Kier molecular flexibility index (Phi) is 11.1. The van der Waals surface area contributed by atoms with Crippen LogP contribution in [-0.4, -0.2) is 103 Å². The number of hydrogen-bond acceptors (Lipinski definition) is 14. The SMILES string of the molecule is CC[C@@H]1CN(CCC2CCC(c3cn(-c4cnc(-n5ncc6cc(C#N)cnc65)cc4N[C@@H](C#N)CCN)nn3)CC2)CCN1c1ccc2c(c1)OCC21CCC(=O)NC1=O. The van der Waals surface area contributed by atoms with Gasteiger partial charge in [0.15, 0.2) is 11.5 Å². The fraction of sp³-hybridized carbons (Fsp3) is 0.477. The van der Waals surface area contributed by atoms with Crippen LogP contribution in [0.5, 0.6) is 5.75 Å². The lowest BCUT2D eigenvalue weighted by molar-refractivity contribution is -0.138. The summed E-state index contributed by atoms with van der Waals surface area (Å²) < 4.78 is 9.43. The van der Waals surface area contributed by atoms with E-state index >= 15 is 0 Å². The Morgan fingerprint density at radius 2 is 1.95 bits per heavy atom. The lowest BCUT2D eigenvalue weighted by atomic mass is 9.75. The van der Waals surface area contributed by atoms with E-state index in [1.807, 2.05) is 18.3 Å². The van der Waals surface area contributed by atoms with Crippen LogP contribution in [-0.2, 0) is 15.0 Å². The second kappa shape index (κ2) is 16.9. The first-order valence-corrected chi connectivity index (χ1v) is 21.4. The third-order valence-corrected chi connectivity index (χ3v) is 13.2. The first kappa shape index (κ1) is 40.0. The lowest BCUT2D eigenvalue weighted by Crippen LogP contribution is -2.53. The second-order valence-electron chi connectivity index (χ2n) is 16.8. The molecule has 4 N–H and O–H groups in total. The highest BCUT2D eigenvalue weighted by molar-refractivity contribution is 6.04. The minimum absolute atomic E-state index is 0.214. The molecule has 1 saturated carbocycles. The molecule has 3 aliphatic heterocycles. The van der Waals surface area contributed by atoms with E-state index in [1.54, 1.807) is 27.8 Å². The average Bonchev–Trinajstić information content (AvgIpc) is 4.05. The van der Waals surface area contributed by atoms with Gasteiger partial charge in [-0.15, -0.1) is 5.10 Å². The maximum atomic E-state index is 12.9. The molecule has 1 unspecified atom stereocenters. The van der Waals surface area contributed by atoms with Crippen molar-refractivity contribution in [2.75, 3.05) is 49.5 Å². The summed E-state index contributed by atoms with van der Waals surface area (Å²) in [5.41, 5.74) is 10.3. The largest absolute Gasteiger partial charge is 0.492 e. The van der Waals surface area contributed by atoms with E-state index in [4.69, 9.17) is 15.5 Å². The molecule has 0 bridgehead atoms. The third kappa shape index (κ3) is 7.75. The number of nitrogens with one attached hydrogen (secondary N) is 2. The highest BCUT2D eigenvalue weighted by atomic mass is 16.5. The molecule has 314 valence electrons. The first-order valence-electron chi connectivity index (χ1n) is 21.4. The Bertz CT molecular complexity index is 2530. The number of nitrogens with two attached hydrogens (primary N) is 1. The molecule has 1 aromatic carbocycles. The van der Waals surface area contributed by atoms with E-state index in [-0.39, 0.29) is 18.4 Å². The van der Waals surface area contributed by atoms with Gasteiger partial charge in [-0.2, -0.15) is 20.3 Å². The highest BCUT2D eigenvalue weighted by Crippen LogP contribution is 2.45. The van der Waals surface area contributed by atoms with Gasteiger partial charge in [0, 0.05) is 73.0 Å². The van der Waals surface area contributed by atoms with E-state index in [2.05, 4.69) is 72.0 Å². The Balaban J connectivity index is 0.810. The van der Waals surface area contributed by atoms with Gasteiger partial charge in [0.2, 0.25) is 11.8 Å². The maximum Gasteiger partial charge on any atom is 0.240 e. The molecule has 1 spiro atoms. The molecule has 0 radical (unpaired) electrons. The predicted molar refractivity (Wildman–Crippen MR) is 226 cm³/mol. The van der Waals surface area contributed by atoms with Gasteiger partial charge in [0.05, 0.1) is 41.6 Å². The van der Waals surface area contributed by atoms with Gasteiger partial charge in [-0.3, -0.25) is 19.8 Å². The van der Waals surface area contributed by atoms with Crippen LogP contribution in [0.15, 0.2) is 55.1 Å². The highest BCUT2D eigenvalue weighted by Gasteiger charge is 2.50. The van der Waals surface area contributed by atoms with Crippen molar-refractivity contribution >= 4 is 34.2 Å². The standard InChI is InChI=1S/C44H50N14O3/c1-2-33-25-55(15-16-56(33)34-7-8-35-39(18-34)61-27-44(35)12-9-41(59)52-43(44)60)14-11-28-3-5-30(6-4-28)37-26-57(54-53-37)38-24-48-40(19-36(38)51-32(21-47)10-13-45)58-42-31(23-50-58)17-29(20-46)22-49-42/h7-8,17-19,22-24,26,28,30,32-33H,2-6,9-16,25,27,45H2,1H3,(H,48,51)(H,52,59,60)/t28?,30?,32-,33-,44?/m1/s1. The van der Waals surface area contributed by atoms with Crippen LogP contribution in [0.3, 0.4) is 0 Å². The fourth-order valence-corrected chi connectivity index (χ4v) is 9.66. The molecule has 3 fully saturated rings. The number of benzene rings is 1. The third-order valence-electron chi connectivity index (χ3n) is 13.2. The van der Waals surface area contributed by atoms with Gasteiger partial charge < -0.3 is 20.7 Å². The van der Waals surface area contributed by atoms with Crippen LogP contribution in [0.1, 0.15) is 87.4 Å². The number of piperidine rings is 1. The molecule has 3 atom stereocenters. The van der Waals surface area contributed by atoms with Gasteiger partial charge in [-0.25, -0.2) is 14.6 Å². The number of pyridine rings is 2. The zero-order chi connectivity index (χ0) is 42.1. The van der Waals surface area contributed by atoms with Gasteiger partial charge in [0.1, 0.15) is 35.6 Å². The van der Waals surface area contributed by atoms with Crippen molar-refractivity contribution in [3.05, 3.63) is 71.9 Å². The number of carbonyl (C=O) groups is 2. The van der Waals surface area contributed by atoms with E-state index in [1.165, 1.54) is 12.6 Å². The number of nitrogens with zero attached hydrogens (tertiary/aromatic N) is 11. The van der Waals surface area contributed by atoms with Crippen molar-refractivity contribution in [3.8, 4) is 29.4 Å². The van der Waals surface area contributed by atoms with Crippen molar-refractivity contribution in [1.82, 2.24) is 45.0 Å². The topological polar surface area (TPSA) is 222 Å². The number of carbonyl (C=O) groups excluding carboxylic acids is 2. The lowest BCUT2D eigenvalue weighted by Gasteiger charge is -2.43. The smallest absolute Gasteiger partial charge is 0.240 e. The number of nitriles is 2. The Morgan fingerprint density at radius 3 is 2.74 bits per heavy atom. The molecule has 4 aromatic heterocycles. The summed E-state index contributed by atoms with van der Waals surface area (Å²) in [6, 6.07) is 14.1. The predicted octanol–water partition coefficient (Wildman–Crippen LogP) is 4.25. The number of aromatic nitrogens is 7.